The topological polar surface area (TPSA) is 65.4 Å². The van der Waals surface area contributed by atoms with Gasteiger partial charge in [0.15, 0.2) is 0 Å². The van der Waals surface area contributed by atoms with Crippen LogP contribution in [0, 0.1) is 0 Å². The third-order valence-electron chi connectivity index (χ3n) is 2.96. The van der Waals surface area contributed by atoms with Crippen molar-refractivity contribution in [3.8, 4) is 5.75 Å². The fourth-order valence-electron chi connectivity index (χ4n) is 2.06. The van der Waals surface area contributed by atoms with E-state index in [9.17, 15) is 14.4 Å². The van der Waals surface area contributed by atoms with Gasteiger partial charge in [0.25, 0.3) is 5.56 Å². The van der Waals surface area contributed by atoms with Gasteiger partial charge in [0.05, 0.1) is 19.2 Å². The number of aldehydes is 2. The lowest BCUT2D eigenvalue weighted by Crippen LogP contribution is -2.21. The smallest absolute Gasteiger partial charge is 0.252 e. The van der Waals surface area contributed by atoms with Gasteiger partial charge in [-0.25, -0.2) is 0 Å². The molecule has 0 unspecified atom stereocenters. The Morgan fingerprint density at radius 2 is 2.05 bits per heavy atom. The van der Waals surface area contributed by atoms with Gasteiger partial charge in [0.2, 0.25) is 0 Å². The first-order chi connectivity index (χ1) is 9.71. The maximum absolute atomic E-state index is 12.0. The summed E-state index contributed by atoms with van der Waals surface area (Å²) in [5.41, 5.74) is 0.916. The lowest BCUT2D eigenvalue weighted by Gasteiger charge is -2.11. The Labute approximate surface area is 115 Å². The van der Waals surface area contributed by atoms with Crippen LogP contribution < -0.4 is 10.3 Å². The van der Waals surface area contributed by atoms with Gasteiger partial charge >= 0.3 is 0 Å². The van der Waals surface area contributed by atoms with Crippen molar-refractivity contribution in [2.24, 2.45) is 0 Å². The van der Waals surface area contributed by atoms with Gasteiger partial charge in [-0.3, -0.25) is 9.59 Å². The molecule has 0 spiro atoms. The van der Waals surface area contributed by atoms with Crippen LogP contribution in [0.3, 0.4) is 0 Å². The predicted octanol–water partition coefficient (Wildman–Crippen LogP) is 1.42. The zero-order valence-electron chi connectivity index (χ0n) is 10.9. The van der Waals surface area contributed by atoms with E-state index in [2.05, 4.69) is 0 Å². The van der Waals surface area contributed by atoms with Crippen LogP contribution in [-0.4, -0.2) is 24.2 Å². The number of hydrogen-bond donors (Lipinski definition) is 0. The second kappa shape index (κ2) is 5.97. The number of nitrogens with zero attached hydrogens (tertiary/aromatic N) is 1. The molecular formula is C15H13NO4. The van der Waals surface area contributed by atoms with Crippen molar-refractivity contribution in [3.05, 3.63) is 46.3 Å². The number of aromatic nitrogens is 1. The molecule has 1 aromatic heterocycles. The Kier molecular flexibility index (Phi) is 4.10. The van der Waals surface area contributed by atoms with E-state index < -0.39 is 0 Å². The molecule has 1 heterocycles. The summed E-state index contributed by atoms with van der Waals surface area (Å²) in [7, 11) is 1.53. The van der Waals surface area contributed by atoms with Crippen LogP contribution in [0.15, 0.2) is 35.1 Å². The molecule has 0 N–H and O–H groups in total. The van der Waals surface area contributed by atoms with Gasteiger partial charge < -0.3 is 14.1 Å². The number of ether oxygens (including phenoxy) is 1. The summed E-state index contributed by atoms with van der Waals surface area (Å²) in [6, 6.07) is 6.65. The average Bonchev–Trinajstić information content (AvgIpc) is 2.47. The zero-order valence-corrected chi connectivity index (χ0v) is 10.9. The summed E-state index contributed by atoms with van der Waals surface area (Å²) in [5, 5.41) is 0.769. The molecule has 0 saturated carbocycles. The second-order valence-electron chi connectivity index (χ2n) is 4.09. The summed E-state index contributed by atoms with van der Waals surface area (Å²) >= 11 is 0. The van der Waals surface area contributed by atoms with Crippen molar-refractivity contribution < 1.29 is 14.3 Å². The summed E-state index contributed by atoms with van der Waals surface area (Å²) in [4.78, 5) is 33.2. The largest absolute Gasteiger partial charge is 0.497 e. The highest BCUT2D eigenvalue weighted by Crippen LogP contribution is 2.23. The first-order valence-corrected chi connectivity index (χ1v) is 5.98. The van der Waals surface area contributed by atoms with Crippen molar-refractivity contribution >= 4 is 29.6 Å². The van der Waals surface area contributed by atoms with E-state index in [1.54, 1.807) is 24.3 Å². The summed E-state index contributed by atoms with van der Waals surface area (Å²) in [6.07, 6.45) is 4.20. The summed E-state index contributed by atoms with van der Waals surface area (Å²) in [6.45, 7) is -0.0276. The van der Waals surface area contributed by atoms with E-state index in [1.165, 1.54) is 23.8 Å². The van der Waals surface area contributed by atoms with Crippen molar-refractivity contribution in [3.63, 3.8) is 0 Å². The molecule has 0 aliphatic rings. The predicted molar refractivity (Wildman–Crippen MR) is 75.9 cm³/mol. The first-order valence-electron chi connectivity index (χ1n) is 5.98. The Balaban J connectivity index is 2.82. The number of carbonyl (C=O) groups excluding carboxylic acids is 2. The lowest BCUT2D eigenvalue weighted by molar-refractivity contribution is -0.108. The van der Waals surface area contributed by atoms with E-state index in [0.717, 1.165) is 5.39 Å². The molecule has 20 heavy (non-hydrogen) atoms. The van der Waals surface area contributed by atoms with Crippen LogP contribution in [0.4, 0.5) is 0 Å². The Morgan fingerprint density at radius 1 is 1.25 bits per heavy atom. The minimum absolute atomic E-state index is 0.0276. The van der Waals surface area contributed by atoms with Crippen molar-refractivity contribution in [1.82, 2.24) is 4.57 Å². The van der Waals surface area contributed by atoms with Gasteiger partial charge in [0.1, 0.15) is 18.3 Å². The van der Waals surface area contributed by atoms with Crippen LogP contribution in [0.5, 0.6) is 5.75 Å². The normalized spacial score (nSPS) is 10.8. The van der Waals surface area contributed by atoms with Crippen LogP contribution in [0.25, 0.3) is 17.0 Å². The highest BCUT2D eigenvalue weighted by Gasteiger charge is 2.08. The number of pyridine rings is 1. The molecule has 5 heteroatoms. The van der Waals surface area contributed by atoms with E-state index in [0.29, 0.717) is 29.4 Å². The SMILES string of the molecule is COc1ccc2c(/C=C/C=O)cc(=O)n(CC=O)c2c1. The number of fused-ring (bicyclic) bond motifs is 1. The lowest BCUT2D eigenvalue weighted by atomic mass is 10.1. The highest BCUT2D eigenvalue weighted by molar-refractivity contribution is 5.91. The van der Waals surface area contributed by atoms with Gasteiger partial charge in [0, 0.05) is 17.5 Å². The summed E-state index contributed by atoms with van der Waals surface area (Å²) in [5.74, 6) is 0.591. The fraction of sp³-hybridized carbons (Fsp3) is 0.133. The molecule has 0 radical (unpaired) electrons. The molecular weight excluding hydrogens is 258 g/mol. The number of hydrogen-bond acceptors (Lipinski definition) is 4. The van der Waals surface area contributed by atoms with Crippen molar-refractivity contribution in [1.29, 1.82) is 0 Å². The molecule has 0 aliphatic heterocycles. The van der Waals surface area contributed by atoms with Gasteiger partial charge in [-0.05, 0) is 23.8 Å². The van der Waals surface area contributed by atoms with Crippen LogP contribution in [-0.2, 0) is 16.1 Å². The van der Waals surface area contributed by atoms with Gasteiger partial charge in [-0.2, -0.15) is 0 Å². The third-order valence-corrected chi connectivity index (χ3v) is 2.96. The van der Waals surface area contributed by atoms with Crippen LogP contribution in [0.1, 0.15) is 5.56 Å². The van der Waals surface area contributed by atoms with Crippen LogP contribution >= 0.6 is 0 Å². The van der Waals surface area contributed by atoms with Gasteiger partial charge in [-0.15, -0.1) is 0 Å². The number of benzene rings is 1. The Bertz CT molecular complexity index is 743. The second-order valence-corrected chi connectivity index (χ2v) is 4.09. The number of allylic oxidation sites excluding steroid dienone is 1. The molecule has 0 amide bonds. The third kappa shape index (κ3) is 2.51. The quantitative estimate of drug-likeness (QED) is 0.609. The van der Waals surface area contributed by atoms with Crippen LogP contribution in [0.2, 0.25) is 0 Å². The van der Waals surface area contributed by atoms with E-state index in [1.807, 2.05) is 0 Å². The maximum atomic E-state index is 12.0. The first kappa shape index (κ1) is 13.7. The number of methoxy groups -OCH3 is 1. The van der Waals surface area contributed by atoms with Crippen molar-refractivity contribution in [2.75, 3.05) is 7.11 Å². The monoisotopic (exact) mass is 271 g/mol. The van der Waals surface area contributed by atoms with E-state index in [-0.39, 0.29) is 12.1 Å². The molecule has 2 rings (SSSR count). The Hall–Kier alpha value is -2.69. The Morgan fingerprint density at radius 3 is 2.70 bits per heavy atom. The molecule has 2 aromatic rings. The maximum Gasteiger partial charge on any atom is 0.252 e. The molecule has 5 nitrogen and oxygen atoms in total. The number of carbonyl (C=O) groups is 2. The minimum atomic E-state index is -0.302. The molecule has 0 aliphatic carbocycles. The highest BCUT2D eigenvalue weighted by atomic mass is 16.5. The molecule has 1 aromatic carbocycles. The molecule has 0 bridgehead atoms. The molecule has 0 atom stereocenters. The summed E-state index contributed by atoms with van der Waals surface area (Å²) < 4.78 is 6.50. The fourth-order valence-corrected chi connectivity index (χ4v) is 2.06. The standard InChI is InChI=1S/C15H13NO4/c1-20-12-4-5-13-11(3-2-7-17)9-15(19)16(6-8-18)14(13)10-12/h2-5,7-10H,6H2,1H3/b3-2+. The van der Waals surface area contributed by atoms with E-state index in [4.69, 9.17) is 4.74 Å². The molecule has 0 fully saturated rings. The molecule has 0 saturated heterocycles. The molecule has 102 valence electrons. The van der Waals surface area contributed by atoms with E-state index >= 15 is 0 Å². The average molecular weight is 271 g/mol. The van der Waals surface area contributed by atoms with Crippen molar-refractivity contribution in [2.45, 2.75) is 6.54 Å². The number of rotatable bonds is 5. The minimum Gasteiger partial charge on any atom is -0.497 e. The zero-order chi connectivity index (χ0) is 14.5. The van der Waals surface area contributed by atoms with Gasteiger partial charge in [-0.1, -0.05) is 6.08 Å².